The third-order valence-corrected chi connectivity index (χ3v) is 13.1. The molecule has 0 atom stereocenters. The molecular formula is C56H38BNO2. The van der Waals surface area contributed by atoms with E-state index < -0.39 is 0 Å². The number of ether oxygens (including phenoxy) is 2. The molecule has 0 spiro atoms. The van der Waals surface area contributed by atoms with E-state index in [0.717, 1.165) is 67.2 Å². The number of hydrogen-bond acceptors (Lipinski definition) is 2. The highest BCUT2D eigenvalue weighted by molar-refractivity contribution is 6.98. The van der Waals surface area contributed by atoms with Gasteiger partial charge < -0.3 is 14.0 Å². The molecular weight excluding hydrogens is 729 g/mol. The second kappa shape index (κ2) is 12.1. The molecule has 4 heteroatoms. The Bertz CT molecular complexity index is 3460. The zero-order valence-electron chi connectivity index (χ0n) is 33.6. The van der Waals surface area contributed by atoms with Crippen LogP contribution in [-0.2, 0) is 5.41 Å². The molecule has 0 saturated heterocycles. The van der Waals surface area contributed by atoms with Gasteiger partial charge in [-0.2, -0.15) is 0 Å². The lowest BCUT2D eigenvalue weighted by atomic mass is 9.34. The highest BCUT2D eigenvalue weighted by atomic mass is 16.5. The van der Waals surface area contributed by atoms with Crippen molar-refractivity contribution in [2.75, 3.05) is 0 Å². The summed E-state index contributed by atoms with van der Waals surface area (Å²) in [6.45, 7) is 6.78. The molecule has 0 amide bonds. The minimum atomic E-state index is -0.0967. The number of benzene rings is 10. The molecule has 0 fully saturated rings. The molecule has 0 N–H and O–H groups in total. The zero-order valence-corrected chi connectivity index (χ0v) is 33.6. The van der Waals surface area contributed by atoms with Crippen LogP contribution in [0.1, 0.15) is 26.3 Å². The van der Waals surface area contributed by atoms with Crippen molar-refractivity contribution >= 4 is 77.2 Å². The predicted molar refractivity (Wildman–Crippen MR) is 252 cm³/mol. The average Bonchev–Trinajstić information content (AvgIpc) is 3.62. The molecule has 282 valence electrons. The highest BCUT2D eigenvalue weighted by Gasteiger charge is 2.41. The van der Waals surface area contributed by atoms with Crippen LogP contribution in [0.15, 0.2) is 176 Å². The quantitative estimate of drug-likeness (QED) is 0.132. The lowest BCUT2D eigenvalue weighted by Crippen LogP contribution is -2.57. The first-order valence-electron chi connectivity index (χ1n) is 20.9. The summed E-state index contributed by atoms with van der Waals surface area (Å²) in [6, 6.07) is 64.4. The molecule has 3 heterocycles. The summed E-state index contributed by atoms with van der Waals surface area (Å²) in [5.41, 5.74) is 12.8. The van der Waals surface area contributed by atoms with E-state index in [4.69, 9.17) is 9.47 Å². The van der Waals surface area contributed by atoms with Gasteiger partial charge in [-0.15, -0.1) is 0 Å². The molecule has 3 nitrogen and oxygen atoms in total. The maximum atomic E-state index is 7.01. The van der Waals surface area contributed by atoms with Crippen molar-refractivity contribution in [2.45, 2.75) is 26.2 Å². The Labute approximate surface area is 348 Å². The largest absolute Gasteiger partial charge is 0.458 e. The van der Waals surface area contributed by atoms with Gasteiger partial charge in [-0.1, -0.05) is 148 Å². The minimum Gasteiger partial charge on any atom is -0.458 e. The Morgan fingerprint density at radius 1 is 0.417 bits per heavy atom. The SMILES string of the molecule is CC(C)(C)c1cc2ccc3cc(-c4ccc5c(c4)B4c6cc(-c7ccccc7)ccc6Oc6cc(-n7c8ccccc8c8ccccc87)cc(c64)O5)cc4ccc(c1)c2c34. The second-order valence-electron chi connectivity index (χ2n) is 17.7. The lowest BCUT2D eigenvalue weighted by molar-refractivity contribution is 0.464. The molecule has 0 saturated carbocycles. The van der Waals surface area contributed by atoms with Gasteiger partial charge in [0.15, 0.2) is 0 Å². The van der Waals surface area contributed by atoms with Gasteiger partial charge in [0.25, 0.3) is 6.71 Å². The Morgan fingerprint density at radius 3 is 1.43 bits per heavy atom. The number of para-hydroxylation sites is 2. The van der Waals surface area contributed by atoms with Gasteiger partial charge in [-0.3, -0.25) is 0 Å². The molecule has 0 bridgehead atoms. The van der Waals surface area contributed by atoms with Crippen LogP contribution in [0.3, 0.4) is 0 Å². The molecule has 10 aromatic carbocycles. The first kappa shape index (κ1) is 33.7. The molecule has 0 radical (unpaired) electrons. The molecule has 2 aliphatic heterocycles. The molecule has 11 aromatic rings. The fourth-order valence-electron chi connectivity index (χ4n) is 10.2. The van der Waals surface area contributed by atoms with Gasteiger partial charge in [0.2, 0.25) is 0 Å². The summed E-state index contributed by atoms with van der Waals surface area (Å²) in [7, 11) is 0. The topological polar surface area (TPSA) is 23.4 Å². The highest BCUT2D eigenvalue weighted by Crippen LogP contribution is 2.43. The smallest absolute Gasteiger partial charge is 0.260 e. The average molecular weight is 768 g/mol. The van der Waals surface area contributed by atoms with Crippen molar-refractivity contribution in [3.8, 4) is 50.9 Å². The predicted octanol–water partition coefficient (Wildman–Crippen LogP) is 13.0. The van der Waals surface area contributed by atoms with Gasteiger partial charge in [0, 0.05) is 28.4 Å². The van der Waals surface area contributed by atoms with Crippen LogP contribution in [0.4, 0.5) is 0 Å². The molecule has 0 unspecified atom stereocenters. The lowest BCUT2D eigenvalue weighted by Gasteiger charge is -2.34. The van der Waals surface area contributed by atoms with Crippen LogP contribution in [0.25, 0.3) is 82.1 Å². The maximum absolute atomic E-state index is 7.01. The summed E-state index contributed by atoms with van der Waals surface area (Å²) < 4.78 is 16.3. The van der Waals surface area contributed by atoms with Crippen molar-refractivity contribution in [1.29, 1.82) is 0 Å². The Balaban J connectivity index is 1.00. The van der Waals surface area contributed by atoms with Gasteiger partial charge in [0.05, 0.1) is 16.7 Å². The summed E-state index contributed by atoms with van der Waals surface area (Å²) in [4.78, 5) is 0. The van der Waals surface area contributed by atoms with E-state index in [0.29, 0.717) is 0 Å². The van der Waals surface area contributed by atoms with Crippen LogP contribution in [0.5, 0.6) is 23.0 Å². The number of aromatic nitrogens is 1. The van der Waals surface area contributed by atoms with Crippen LogP contribution >= 0.6 is 0 Å². The van der Waals surface area contributed by atoms with Gasteiger partial charge in [0.1, 0.15) is 23.0 Å². The van der Waals surface area contributed by atoms with E-state index in [2.05, 4.69) is 201 Å². The molecule has 1 aromatic heterocycles. The third kappa shape index (κ3) is 4.85. The van der Waals surface area contributed by atoms with E-state index in [1.807, 2.05) is 0 Å². The molecule has 60 heavy (non-hydrogen) atoms. The van der Waals surface area contributed by atoms with Crippen molar-refractivity contribution < 1.29 is 9.47 Å². The van der Waals surface area contributed by atoms with Crippen LogP contribution in [-0.4, -0.2) is 11.3 Å². The van der Waals surface area contributed by atoms with Crippen molar-refractivity contribution in [3.63, 3.8) is 0 Å². The van der Waals surface area contributed by atoms with Crippen LogP contribution in [0.2, 0.25) is 0 Å². The summed E-state index contributed by atoms with van der Waals surface area (Å²) in [6.07, 6.45) is 0. The number of nitrogens with zero attached hydrogens (tertiary/aromatic N) is 1. The van der Waals surface area contributed by atoms with Crippen molar-refractivity contribution in [3.05, 3.63) is 181 Å². The van der Waals surface area contributed by atoms with Crippen molar-refractivity contribution in [1.82, 2.24) is 4.57 Å². The fourth-order valence-corrected chi connectivity index (χ4v) is 10.2. The Kier molecular flexibility index (Phi) is 6.80. The second-order valence-corrected chi connectivity index (χ2v) is 17.7. The molecule has 0 aliphatic carbocycles. The van der Waals surface area contributed by atoms with Gasteiger partial charge in [-0.05, 0) is 113 Å². The van der Waals surface area contributed by atoms with E-state index in [9.17, 15) is 0 Å². The number of rotatable bonds is 3. The van der Waals surface area contributed by atoms with E-state index in [1.165, 1.54) is 59.8 Å². The first-order valence-corrected chi connectivity index (χ1v) is 20.9. The monoisotopic (exact) mass is 767 g/mol. The maximum Gasteiger partial charge on any atom is 0.260 e. The Morgan fingerprint density at radius 2 is 0.900 bits per heavy atom. The van der Waals surface area contributed by atoms with Crippen molar-refractivity contribution in [2.24, 2.45) is 0 Å². The summed E-state index contributed by atoms with van der Waals surface area (Å²) in [5.74, 6) is 3.38. The van der Waals surface area contributed by atoms with E-state index in [-0.39, 0.29) is 12.1 Å². The van der Waals surface area contributed by atoms with Gasteiger partial charge >= 0.3 is 0 Å². The van der Waals surface area contributed by atoms with Crippen LogP contribution < -0.4 is 25.9 Å². The molecule has 13 rings (SSSR count). The first-order chi connectivity index (χ1) is 29.3. The fraction of sp³-hybridized carbons (Fsp3) is 0.0714. The van der Waals surface area contributed by atoms with E-state index in [1.54, 1.807) is 0 Å². The summed E-state index contributed by atoms with van der Waals surface area (Å²) >= 11 is 0. The molecule has 2 aliphatic rings. The number of fused-ring (bicyclic) bond motifs is 7. The third-order valence-electron chi connectivity index (χ3n) is 13.1. The van der Waals surface area contributed by atoms with E-state index >= 15 is 0 Å². The normalized spacial score (nSPS) is 13.2. The standard InChI is InChI=1S/C56H38BNO2/c1-56(2,3)41-27-38-19-17-36-25-40(26-37-18-20-39(28-41)54(38)53(36)37)35-22-24-50-46(30-35)57-45-29-34(33-11-5-4-6-12-33)21-23-49(45)59-51-31-42(32-52(60-50)55(51)57)58-47-15-9-7-13-43(47)44-14-8-10-16-48(44)58/h4-32H,1-3H3. The van der Waals surface area contributed by atoms with Gasteiger partial charge in [-0.25, -0.2) is 0 Å². The number of hydrogen-bond donors (Lipinski definition) is 0. The minimum absolute atomic E-state index is 0.0811. The Hall–Kier alpha value is -7.30. The zero-order chi connectivity index (χ0) is 39.9. The van der Waals surface area contributed by atoms with Crippen LogP contribution in [0, 0.1) is 0 Å². The summed E-state index contributed by atoms with van der Waals surface area (Å²) in [5, 5.41) is 10.2.